The molecule has 25 heavy (non-hydrogen) atoms. The molecule has 1 saturated carbocycles. The lowest BCUT2D eigenvalue weighted by atomic mass is 9.67. The van der Waals surface area contributed by atoms with Crippen LogP contribution in [0.4, 0.5) is 4.39 Å². The van der Waals surface area contributed by atoms with E-state index in [2.05, 4.69) is 24.0 Å². The lowest BCUT2D eigenvalue weighted by Crippen LogP contribution is -2.49. The molecule has 4 rings (SSSR count). The zero-order valence-corrected chi connectivity index (χ0v) is 15.0. The predicted octanol–water partition coefficient (Wildman–Crippen LogP) is 3.53. The van der Waals surface area contributed by atoms with E-state index < -0.39 is 5.41 Å². The van der Waals surface area contributed by atoms with Gasteiger partial charge in [-0.3, -0.25) is 4.79 Å². The molecule has 2 atom stereocenters. The maximum Gasteiger partial charge on any atom is 0.234 e. The number of hydrogen-bond acceptors (Lipinski definition) is 3. The lowest BCUT2D eigenvalue weighted by Gasteiger charge is -2.38. The SMILES string of the molecule is CN(C)C(=O)[C@]12CC[C@H](c3cc(-c4ccccc4F)nnc31)C2(C)C. The van der Waals surface area contributed by atoms with Crippen molar-refractivity contribution in [3.8, 4) is 11.3 Å². The summed E-state index contributed by atoms with van der Waals surface area (Å²) in [5.74, 6) is 0.0253. The van der Waals surface area contributed by atoms with E-state index in [1.807, 2.05) is 6.07 Å². The number of carbonyl (C=O) groups is 1. The molecule has 0 spiro atoms. The van der Waals surface area contributed by atoms with E-state index >= 15 is 0 Å². The summed E-state index contributed by atoms with van der Waals surface area (Å²) in [6, 6.07) is 8.54. The van der Waals surface area contributed by atoms with Crippen molar-refractivity contribution < 1.29 is 9.18 Å². The molecule has 130 valence electrons. The molecule has 2 aromatic rings. The van der Waals surface area contributed by atoms with Gasteiger partial charge < -0.3 is 4.90 Å². The predicted molar refractivity (Wildman–Crippen MR) is 93.6 cm³/mol. The first kappa shape index (κ1) is 16.2. The van der Waals surface area contributed by atoms with Crippen molar-refractivity contribution in [1.29, 1.82) is 0 Å². The van der Waals surface area contributed by atoms with Crippen LogP contribution in [0.3, 0.4) is 0 Å². The molecular formula is C20H22FN3O. The maximum absolute atomic E-state index is 14.1. The molecule has 2 aliphatic carbocycles. The van der Waals surface area contributed by atoms with Crippen LogP contribution in [0, 0.1) is 11.2 Å². The first-order chi connectivity index (χ1) is 11.8. The highest BCUT2D eigenvalue weighted by atomic mass is 19.1. The third-order valence-electron chi connectivity index (χ3n) is 6.30. The molecule has 4 nitrogen and oxygen atoms in total. The van der Waals surface area contributed by atoms with Crippen LogP contribution in [0.15, 0.2) is 30.3 Å². The second-order valence-corrected chi connectivity index (χ2v) is 7.93. The van der Waals surface area contributed by atoms with Crippen LogP contribution in [0.25, 0.3) is 11.3 Å². The minimum absolute atomic E-state index is 0.0895. The van der Waals surface area contributed by atoms with Crippen molar-refractivity contribution in [3.05, 3.63) is 47.4 Å². The third-order valence-corrected chi connectivity index (χ3v) is 6.30. The highest BCUT2D eigenvalue weighted by Gasteiger charge is 2.67. The number of fused-ring (bicyclic) bond motifs is 5. The molecule has 1 heterocycles. The summed E-state index contributed by atoms with van der Waals surface area (Å²) in [5.41, 5.74) is 1.97. The second kappa shape index (κ2) is 5.10. The number of rotatable bonds is 2. The van der Waals surface area contributed by atoms with Gasteiger partial charge in [0.25, 0.3) is 0 Å². The molecule has 2 aliphatic rings. The standard InChI is InChI=1S/C20H22FN3O/c1-19(2)14-9-10-20(19,18(25)24(3)4)17-13(14)11-16(22-23-17)12-7-5-6-8-15(12)21/h5-8,11,14H,9-10H2,1-4H3/t14-,20+/m1/s1. The number of likely N-dealkylation sites (N-methyl/N-ethyl adjacent to an activating group) is 1. The van der Waals surface area contributed by atoms with E-state index in [0.717, 1.165) is 24.1 Å². The number of amides is 1. The van der Waals surface area contributed by atoms with Crippen molar-refractivity contribution in [3.63, 3.8) is 0 Å². The second-order valence-electron chi connectivity index (χ2n) is 7.93. The van der Waals surface area contributed by atoms with Crippen LogP contribution < -0.4 is 0 Å². The minimum Gasteiger partial charge on any atom is -0.348 e. The van der Waals surface area contributed by atoms with Gasteiger partial charge >= 0.3 is 0 Å². The van der Waals surface area contributed by atoms with E-state index in [4.69, 9.17) is 0 Å². The van der Waals surface area contributed by atoms with E-state index in [1.165, 1.54) is 6.07 Å². The zero-order valence-electron chi connectivity index (χ0n) is 15.0. The highest BCUT2D eigenvalue weighted by Crippen LogP contribution is 2.67. The van der Waals surface area contributed by atoms with Gasteiger partial charge in [0.2, 0.25) is 5.91 Å². The summed E-state index contributed by atoms with van der Waals surface area (Å²) in [7, 11) is 3.58. The first-order valence-electron chi connectivity index (χ1n) is 8.65. The van der Waals surface area contributed by atoms with Crippen LogP contribution in [-0.2, 0) is 10.2 Å². The largest absolute Gasteiger partial charge is 0.348 e. The molecule has 5 heteroatoms. The fourth-order valence-electron chi connectivity index (χ4n) is 4.98. The zero-order chi connectivity index (χ0) is 18.0. The summed E-state index contributed by atoms with van der Waals surface area (Å²) in [6.45, 7) is 4.30. The van der Waals surface area contributed by atoms with Crippen LogP contribution in [0.5, 0.6) is 0 Å². The molecule has 1 aromatic heterocycles. The quantitative estimate of drug-likeness (QED) is 0.841. The van der Waals surface area contributed by atoms with Gasteiger partial charge in [-0.2, -0.15) is 10.2 Å². The molecule has 1 fully saturated rings. The van der Waals surface area contributed by atoms with Gasteiger partial charge in [0, 0.05) is 19.7 Å². The van der Waals surface area contributed by atoms with Gasteiger partial charge in [-0.05, 0) is 47.9 Å². The number of aromatic nitrogens is 2. The Labute approximate surface area is 147 Å². The summed E-state index contributed by atoms with van der Waals surface area (Å²) in [4.78, 5) is 14.8. The Hall–Kier alpha value is -2.30. The number of carbonyl (C=O) groups excluding carboxylic acids is 1. The van der Waals surface area contributed by atoms with Gasteiger partial charge in [-0.1, -0.05) is 26.0 Å². The Bertz CT molecular complexity index is 877. The third kappa shape index (κ3) is 1.89. The maximum atomic E-state index is 14.1. The Kier molecular flexibility index (Phi) is 3.30. The van der Waals surface area contributed by atoms with E-state index in [1.54, 1.807) is 37.2 Å². The van der Waals surface area contributed by atoms with Gasteiger partial charge in [-0.15, -0.1) is 0 Å². The molecule has 2 bridgehead atoms. The fourth-order valence-corrected chi connectivity index (χ4v) is 4.98. The summed E-state index contributed by atoms with van der Waals surface area (Å²) >= 11 is 0. The molecule has 0 radical (unpaired) electrons. The van der Waals surface area contributed by atoms with Crippen molar-refractivity contribution in [1.82, 2.24) is 15.1 Å². The molecule has 1 aromatic carbocycles. The van der Waals surface area contributed by atoms with Gasteiger partial charge in [0.05, 0.1) is 16.8 Å². The van der Waals surface area contributed by atoms with E-state index in [-0.39, 0.29) is 23.1 Å². The molecule has 0 unspecified atom stereocenters. The monoisotopic (exact) mass is 339 g/mol. The minimum atomic E-state index is -0.628. The summed E-state index contributed by atoms with van der Waals surface area (Å²) in [5, 5.41) is 8.76. The van der Waals surface area contributed by atoms with Crippen molar-refractivity contribution in [2.75, 3.05) is 14.1 Å². The number of hydrogen-bond donors (Lipinski definition) is 0. The Morgan fingerprint density at radius 1 is 1.24 bits per heavy atom. The molecule has 1 amide bonds. The van der Waals surface area contributed by atoms with E-state index in [0.29, 0.717) is 11.3 Å². The van der Waals surface area contributed by atoms with Gasteiger partial charge in [0.1, 0.15) is 5.82 Å². The smallest absolute Gasteiger partial charge is 0.234 e. The highest BCUT2D eigenvalue weighted by molar-refractivity contribution is 5.91. The van der Waals surface area contributed by atoms with Gasteiger partial charge in [-0.25, -0.2) is 4.39 Å². The van der Waals surface area contributed by atoms with Crippen LogP contribution >= 0.6 is 0 Å². The van der Waals surface area contributed by atoms with Crippen molar-refractivity contribution in [2.24, 2.45) is 5.41 Å². The number of benzene rings is 1. The van der Waals surface area contributed by atoms with Crippen molar-refractivity contribution >= 4 is 5.91 Å². The molecule has 0 aliphatic heterocycles. The lowest BCUT2D eigenvalue weighted by molar-refractivity contribution is -0.138. The van der Waals surface area contributed by atoms with Gasteiger partial charge in [0.15, 0.2) is 0 Å². The molecular weight excluding hydrogens is 317 g/mol. The van der Waals surface area contributed by atoms with Crippen LogP contribution in [0.1, 0.15) is 43.9 Å². The average molecular weight is 339 g/mol. The Balaban J connectivity index is 1.91. The first-order valence-corrected chi connectivity index (χ1v) is 8.65. The molecule has 0 N–H and O–H groups in total. The number of nitrogens with zero attached hydrogens (tertiary/aromatic N) is 3. The number of halogens is 1. The Morgan fingerprint density at radius 3 is 2.64 bits per heavy atom. The Morgan fingerprint density at radius 2 is 1.96 bits per heavy atom. The molecule has 0 saturated heterocycles. The summed E-state index contributed by atoms with van der Waals surface area (Å²) < 4.78 is 14.1. The summed E-state index contributed by atoms with van der Waals surface area (Å²) in [6.07, 6.45) is 1.74. The normalized spacial score (nSPS) is 25.7. The topological polar surface area (TPSA) is 46.1 Å². The average Bonchev–Trinajstić information content (AvgIpc) is 2.96. The van der Waals surface area contributed by atoms with Crippen LogP contribution in [0.2, 0.25) is 0 Å². The van der Waals surface area contributed by atoms with Crippen molar-refractivity contribution in [2.45, 2.75) is 38.0 Å². The fraction of sp³-hybridized carbons (Fsp3) is 0.450. The van der Waals surface area contributed by atoms with Crippen LogP contribution in [-0.4, -0.2) is 35.1 Å². The van der Waals surface area contributed by atoms with E-state index in [9.17, 15) is 9.18 Å².